The van der Waals surface area contributed by atoms with Crippen LogP contribution in [0.15, 0.2) is 48.5 Å². The standard InChI is InChI=1S/C15H14O3S/c16-15(17)14-9-8-13(19-14)11-18-10-4-7-12-5-2-1-3-6-12/h1-9H,10-11H2,(H,16,17)/b7-4+. The van der Waals surface area contributed by atoms with Crippen LogP contribution < -0.4 is 0 Å². The Balaban J connectivity index is 1.74. The molecule has 1 aromatic carbocycles. The van der Waals surface area contributed by atoms with E-state index in [1.165, 1.54) is 11.3 Å². The first-order chi connectivity index (χ1) is 9.25. The lowest BCUT2D eigenvalue weighted by Crippen LogP contribution is -1.91. The maximum atomic E-state index is 10.7. The van der Waals surface area contributed by atoms with E-state index in [1.54, 1.807) is 12.1 Å². The second-order valence-corrected chi connectivity index (χ2v) is 5.07. The SMILES string of the molecule is O=C(O)c1ccc(COC/C=C/c2ccccc2)s1. The predicted molar refractivity (Wildman–Crippen MR) is 76.4 cm³/mol. The minimum absolute atomic E-state index is 0.346. The number of carbonyl (C=O) groups is 1. The van der Waals surface area contributed by atoms with Gasteiger partial charge >= 0.3 is 5.97 Å². The Labute approximate surface area is 115 Å². The van der Waals surface area contributed by atoms with Gasteiger partial charge in [0.25, 0.3) is 0 Å². The Bertz CT molecular complexity index is 558. The molecule has 0 aliphatic rings. The zero-order valence-corrected chi connectivity index (χ0v) is 11.1. The molecule has 19 heavy (non-hydrogen) atoms. The quantitative estimate of drug-likeness (QED) is 0.817. The maximum absolute atomic E-state index is 10.7. The Morgan fingerprint density at radius 3 is 2.68 bits per heavy atom. The third-order valence-corrected chi connectivity index (χ3v) is 3.49. The van der Waals surface area contributed by atoms with E-state index in [9.17, 15) is 4.79 Å². The van der Waals surface area contributed by atoms with Crippen LogP contribution in [0.1, 0.15) is 20.1 Å². The van der Waals surface area contributed by atoms with Gasteiger partial charge in [0.1, 0.15) is 4.88 Å². The van der Waals surface area contributed by atoms with E-state index in [1.807, 2.05) is 42.5 Å². The van der Waals surface area contributed by atoms with Gasteiger partial charge in [0, 0.05) is 4.88 Å². The van der Waals surface area contributed by atoms with Gasteiger partial charge in [0.15, 0.2) is 0 Å². The van der Waals surface area contributed by atoms with Crippen molar-refractivity contribution in [1.82, 2.24) is 0 Å². The third kappa shape index (κ3) is 4.35. The number of rotatable bonds is 6. The molecule has 1 aromatic heterocycles. The fraction of sp³-hybridized carbons (Fsp3) is 0.133. The molecule has 0 atom stereocenters. The predicted octanol–water partition coefficient (Wildman–Crippen LogP) is 3.68. The Morgan fingerprint density at radius 1 is 1.21 bits per heavy atom. The number of ether oxygens (including phenoxy) is 1. The molecule has 2 rings (SSSR count). The molecule has 98 valence electrons. The van der Waals surface area contributed by atoms with Gasteiger partial charge in [-0.3, -0.25) is 0 Å². The van der Waals surface area contributed by atoms with E-state index in [2.05, 4.69) is 0 Å². The second kappa shape index (κ2) is 6.87. The zero-order chi connectivity index (χ0) is 13.5. The summed E-state index contributed by atoms with van der Waals surface area (Å²) in [6, 6.07) is 13.4. The molecule has 0 aliphatic heterocycles. The first-order valence-corrected chi connectivity index (χ1v) is 6.69. The maximum Gasteiger partial charge on any atom is 0.345 e. The molecule has 0 fully saturated rings. The lowest BCUT2D eigenvalue weighted by Gasteiger charge is -1.97. The van der Waals surface area contributed by atoms with Crippen molar-refractivity contribution >= 4 is 23.4 Å². The van der Waals surface area contributed by atoms with Crippen molar-refractivity contribution in [1.29, 1.82) is 0 Å². The normalized spacial score (nSPS) is 10.9. The van der Waals surface area contributed by atoms with Crippen LogP contribution in [0.4, 0.5) is 0 Å². The second-order valence-electron chi connectivity index (χ2n) is 3.90. The van der Waals surface area contributed by atoms with Crippen LogP contribution in [-0.2, 0) is 11.3 Å². The van der Waals surface area contributed by atoms with Crippen LogP contribution in [0, 0.1) is 0 Å². The number of carboxylic acid groups (broad SMARTS) is 1. The summed E-state index contributed by atoms with van der Waals surface area (Å²) in [4.78, 5) is 12.0. The molecule has 0 saturated carbocycles. The van der Waals surface area contributed by atoms with Gasteiger partial charge in [0.2, 0.25) is 0 Å². The van der Waals surface area contributed by atoms with Crippen molar-refractivity contribution in [3.8, 4) is 0 Å². The van der Waals surface area contributed by atoms with Crippen molar-refractivity contribution in [2.75, 3.05) is 6.61 Å². The minimum atomic E-state index is -0.889. The summed E-state index contributed by atoms with van der Waals surface area (Å²) in [7, 11) is 0. The molecule has 0 radical (unpaired) electrons. The molecule has 0 unspecified atom stereocenters. The summed E-state index contributed by atoms with van der Waals surface area (Å²) >= 11 is 1.25. The van der Waals surface area contributed by atoms with Crippen molar-refractivity contribution < 1.29 is 14.6 Å². The lowest BCUT2D eigenvalue weighted by molar-refractivity contribution is 0.0702. The fourth-order valence-corrected chi connectivity index (χ4v) is 2.33. The van der Waals surface area contributed by atoms with Crippen LogP contribution in [0.5, 0.6) is 0 Å². The molecule has 2 aromatic rings. The number of thiophene rings is 1. The summed E-state index contributed by atoms with van der Waals surface area (Å²) in [6.45, 7) is 0.951. The summed E-state index contributed by atoms with van der Waals surface area (Å²) in [6.07, 6.45) is 3.94. The van der Waals surface area contributed by atoms with Crippen LogP contribution in [-0.4, -0.2) is 17.7 Å². The number of benzene rings is 1. The molecule has 0 bridgehead atoms. The highest BCUT2D eigenvalue weighted by Crippen LogP contribution is 2.17. The summed E-state index contributed by atoms with van der Waals surface area (Å²) in [5.41, 5.74) is 1.13. The van der Waals surface area contributed by atoms with Crippen LogP contribution in [0.3, 0.4) is 0 Å². The van der Waals surface area contributed by atoms with Crippen LogP contribution >= 0.6 is 11.3 Å². The average molecular weight is 274 g/mol. The van der Waals surface area contributed by atoms with Crippen molar-refractivity contribution in [3.63, 3.8) is 0 Å². The first kappa shape index (κ1) is 13.5. The number of carboxylic acids is 1. The van der Waals surface area contributed by atoms with E-state index in [-0.39, 0.29) is 0 Å². The summed E-state index contributed by atoms with van der Waals surface area (Å²) < 4.78 is 5.47. The van der Waals surface area contributed by atoms with Gasteiger partial charge in [-0.1, -0.05) is 42.5 Å². The molecule has 0 amide bonds. The third-order valence-electron chi connectivity index (χ3n) is 2.44. The minimum Gasteiger partial charge on any atom is -0.477 e. The van der Waals surface area contributed by atoms with E-state index in [0.717, 1.165) is 10.4 Å². The number of aromatic carboxylic acids is 1. The van der Waals surface area contributed by atoms with Crippen molar-refractivity contribution in [3.05, 3.63) is 63.9 Å². The highest BCUT2D eigenvalue weighted by molar-refractivity contribution is 7.13. The molecular weight excluding hydrogens is 260 g/mol. The van der Waals surface area contributed by atoms with Gasteiger partial charge in [-0.15, -0.1) is 11.3 Å². The molecule has 0 aliphatic carbocycles. The molecule has 4 heteroatoms. The van der Waals surface area contributed by atoms with Crippen molar-refractivity contribution in [2.24, 2.45) is 0 Å². The Hall–Kier alpha value is -1.91. The number of hydrogen-bond acceptors (Lipinski definition) is 3. The summed E-state index contributed by atoms with van der Waals surface area (Å²) in [5, 5.41) is 8.79. The molecule has 1 heterocycles. The Morgan fingerprint density at radius 2 is 2.00 bits per heavy atom. The molecule has 3 nitrogen and oxygen atoms in total. The average Bonchev–Trinajstić information content (AvgIpc) is 2.89. The molecular formula is C15H14O3S. The van der Waals surface area contributed by atoms with Gasteiger partial charge in [-0.2, -0.15) is 0 Å². The monoisotopic (exact) mass is 274 g/mol. The number of hydrogen-bond donors (Lipinski definition) is 1. The van der Waals surface area contributed by atoms with Gasteiger partial charge in [-0.05, 0) is 17.7 Å². The Kier molecular flexibility index (Phi) is 4.89. The largest absolute Gasteiger partial charge is 0.477 e. The van der Waals surface area contributed by atoms with Crippen LogP contribution in [0.25, 0.3) is 6.08 Å². The van der Waals surface area contributed by atoms with Gasteiger partial charge in [-0.25, -0.2) is 4.79 Å². The van der Waals surface area contributed by atoms with Gasteiger partial charge < -0.3 is 9.84 Å². The van der Waals surface area contributed by atoms with Crippen LogP contribution in [0.2, 0.25) is 0 Å². The first-order valence-electron chi connectivity index (χ1n) is 5.87. The molecule has 0 spiro atoms. The topological polar surface area (TPSA) is 46.5 Å². The molecule has 1 N–H and O–H groups in total. The highest BCUT2D eigenvalue weighted by Gasteiger charge is 2.06. The zero-order valence-electron chi connectivity index (χ0n) is 10.3. The smallest absolute Gasteiger partial charge is 0.345 e. The van der Waals surface area contributed by atoms with Gasteiger partial charge in [0.05, 0.1) is 13.2 Å². The van der Waals surface area contributed by atoms with E-state index < -0.39 is 5.97 Å². The highest BCUT2D eigenvalue weighted by atomic mass is 32.1. The lowest BCUT2D eigenvalue weighted by atomic mass is 10.2. The van der Waals surface area contributed by atoms with Crippen molar-refractivity contribution in [2.45, 2.75) is 6.61 Å². The van der Waals surface area contributed by atoms with E-state index >= 15 is 0 Å². The van der Waals surface area contributed by atoms with E-state index in [0.29, 0.717) is 18.1 Å². The molecule has 0 saturated heterocycles. The van der Waals surface area contributed by atoms with E-state index in [4.69, 9.17) is 9.84 Å². The fourth-order valence-electron chi connectivity index (χ4n) is 1.55. The summed E-state index contributed by atoms with van der Waals surface area (Å²) in [5.74, 6) is -0.889.